The number of ether oxygens (including phenoxy) is 1. The highest BCUT2D eigenvalue weighted by molar-refractivity contribution is 5.17. The van der Waals surface area contributed by atoms with Crippen LogP contribution in [-0.4, -0.2) is 45.8 Å². The third kappa shape index (κ3) is 0.594. The maximum absolute atomic E-state index is 9.35. The Morgan fingerprint density at radius 1 is 1.60 bits per heavy atom. The molecule has 3 N–H and O–H groups in total. The molecular formula is C6H10O4. The van der Waals surface area contributed by atoms with E-state index >= 15 is 0 Å². The minimum Gasteiger partial charge on any atom is -0.394 e. The van der Waals surface area contributed by atoms with Crippen molar-refractivity contribution in [2.45, 2.75) is 30.3 Å². The first-order valence-corrected chi connectivity index (χ1v) is 3.35. The van der Waals surface area contributed by atoms with Crippen molar-refractivity contribution in [3.8, 4) is 0 Å². The highest BCUT2D eigenvalue weighted by Crippen LogP contribution is 2.49. The van der Waals surface area contributed by atoms with Crippen LogP contribution in [0.25, 0.3) is 0 Å². The maximum atomic E-state index is 9.35. The van der Waals surface area contributed by atoms with Crippen molar-refractivity contribution >= 4 is 0 Å². The molecule has 4 heteroatoms. The molecule has 0 bridgehead atoms. The summed E-state index contributed by atoms with van der Waals surface area (Å²) < 4.78 is 5.05. The summed E-state index contributed by atoms with van der Waals surface area (Å²) in [4.78, 5) is 0. The van der Waals surface area contributed by atoms with E-state index in [1.54, 1.807) is 0 Å². The number of aliphatic hydroxyl groups is 3. The van der Waals surface area contributed by atoms with E-state index in [9.17, 15) is 10.2 Å². The minimum atomic E-state index is -1.03. The average Bonchev–Trinajstić information content (AvgIpc) is 2.51. The van der Waals surface area contributed by atoms with Gasteiger partial charge in [0.05, 0.1) is 12.7 Å². The van der Waals surface area contributed by atoms with Gasteiger partial charge in [0.15, 0.2) is 0 Å². The summed E-state index contributed by atoms with van der Waals surface area (Å²) in [7, 11) is 0. The standard InChI is InChI=1S/C6H10O4/c7-2-3-5(8)6(9)1-4(6)10-3/h3-5,7-9H,1-2H2/t3?,4?,5?,6-/m0/s1. The molecule has 1 aliphatic heterocycles. The van der Waals surface area contributed by atoms with Crippen LogP contribution in [0.2, 0.25) is 0 Å². The first kappa shape index (κ1) is 6.54. The molecule has 2 fully saturated rings. The highest BCUT2D eigenvalue weighted by Gasteiger charge is 2.67. The van der Waals surface area contributed by atoms with Gasteiger partial charge in [-0.1, -0.05) is 0 Å². The van der Waals surface area contributed by atoms with Crippen molar-refractivity contribution in [1.82, 2.24) is 0 Å². The zero-order valence-electron chi connectivity index (χ0n) is 5.40. The molecular weight excluding hydrogens is 136 g/mol. The van der Waals surface area contributed by atoms with Crippen molar-refractivity contribution in [2.24, 2.45) is 0 Å². The van der Waals surface area contributed by atoms with Crippen molar-refractivity contribution in [3.05, 3.63) is 0 Å². The molecule has 1 saturated carbocycles. The number of hydrogen-bond acceptors (Lipinski definition) is 4. The fraction of sp³-hybridized carbons (Fsp3) is 1.00. The molecule has 0 amide bonds. The smallest absolute Gasteiger partial charge is 0.122 e. The van der Waals surface area contributed by atoms with E-state index in [0.717, 1.165) is 0 Å². The molecule has 1 heterocycles. The van der Waals surface area contributed by atoms with Gasteiger partial charge in [-0.25, -0.2) is 0 Å². The third-order valence-electron chi connectivity index (χ3n) is 2.29. The molecule has 58 valence electrons. The van der Waals surface area contributed by atoms with E-state index < -0.39 is 17.8 Å². The van der Waals surface area contributed by atoms with Crippen molar-refractivity contribution in [2.75, 3.05) is 6.61 Å². The lowest BCUT2D eigenvalue weighted by atomic mass is 10.1. The highest BCUT2D eigenvalue weighted by atomic mass is 16.6. The molecule has 0 aromatic carbocycles. The summed E-state index contributed by atoms with van der Waals surface area (Å²) in [6, 6.07) is 0. The van der Waals surface area contributed by atoms with Gasteiger partial charge in [-0.3, -0.25) is 0 Å². The second-order valence-corrected chi connectivity index (χ2v) is 2.99. The lowest BCUT2D eigenvalue weighted by Gasteiger charge is -2.16. The summed E-state index contributed by atoms with van der Waals surface area (Å²) in [5, 5.41) is 27.2. The molecule has 2 rings (SSSR count). The Hall–Kier alpha value is -0.160. The van der Waals surface area contributed by atoms with Gasteiger partial charge in [-0.15, -0.1) is 0 Å². The fourth-order valence-electron chi connectivity index (χ4n) is 1.47. The van der Waals surface area contributed by atoms with Crippen LogP contribution in [0.4, 0.5) is 0 Å². The van der Waals surface area contributed by atoms with Crippen LogP contribution in [0.3, 0.4) is 0 Å². The summed E-state index contributed by atoms with van der Waals surface area (Å²) in [5.41, 5.74) is -1.03. The third-order valence-corrected chi connectivity index (χ3v) is 2.29. The van der Waals surface area contributed by atoms with E-state index in [4.69, 9.17) is 9.84 Å². The summed E-state index contributed by atoms with van der Waals surface area (Å²) in [6.45, 7) is -0.222. The molecule has 3 unspecified atom stereocenters. The van der Waals surface area contributed by atoms with Gasteiger partial charge in [-0.2, -0.15) is 0 Å². The van der Waals surface area contributed by atoms with Crippen LogP contribution in [0.1, 0.15) is 6.42 Å². The van der Waals surface area contributed by atoms with Crippen LogP contribution in [-0.2, 0) is 4.74 Å². The summed E-state index contributed by atoms with van der Waals surface area (Å²) >= 11 is 0. The fourth-order valence-corrected chi connectivity index (χ4v) is 1.47. The van der Waals surface area contributed by atoms with Gasteiger partial charge >= 0.3 is 0 Å². The monoisotopic (exact) mass is 146 g/mol. The van der Waals surface area contributed by atoms with E-state index in [1.165, 1.54) is 0 Å². The molecule has 1 saturated heterocycles. The van der Waals surface area contributed by atoms with Gasteiger partial charge in [0.2, 0.25) is 0 Å². The average molecular weight is 146 g/mol. The molecule has 0 spiro atoms. The Morgan fingerprint density at radius 3 is 2.60 bits per heavy atom. The van der Waals surface area contributed by atoms with Crippen LogP contribution in [0.15, 0.2) is 0 Å². The molecule has 2 aliphatic rings. The number of rotatable bonds is 1. The van der Waals surface area contributed by atoms with Crippen LogP contribution >= 0.6 is 0 Å². The van der Waals surface area contributed by atoms with Gasteiger partial charge < -0.3 is 20.1 Å². The largest absolute Gasteiger partial charge is 0.394 e. The minimum absolute atomic E-state index is 0.222. The molecule has 0 aromatic heterocycles. The van der Waals surface area contributed by atoms with Gasteiger partial charge in [0.1, 0.15) is 17.8 Å². The Bertz CT molecular complexity index is 160. The Morgan fingerprint density at radius 2 is 2.30 bits per heavy atom. The Balaban J connectivity index is 2.09. The topological polar surface area (TPSA) is 69.9 Å². The number of fused-ring (bicyclic) bond motifs is 1. The lowest BCUT2D eigenvalue weighted by Crippen LogP contribution is -2.36. The zero-order chi connectivity index (χ0) is 7.35. The summed E-state index contributed by atoms with van der Waals surface area (Å²) in [5.74, 6) is 0. The van der Waals surface area contributed by atoms with Crippen molar-refractivity contribution in [3.63, 3.8) is 0 Å². The van der Waals surface area contributed by atoms with E-state index in [0.29, 0.717) is 6.42 Å². The van der Waals surface area contributed by atoms with E-state index in [1.807, 2.05) is 0 Å². The van der Waals surface area contributed by atoms with Crippen molar-refractivity contribution in [1.29, 1.82) is 0 Å². The second-order valence-electron chi connectivity index (χ2n) is 2.99. The van der Waals surface area contributed by atoms with Crippen LogP contribution < -0.4 is 0 Å². The number of hydrogen-bond donors (Lipinski definition) is 3. The molecule has 1 aliphatic carbocycles. The first-order chi connectivity index (χ1) is 4.68. The molecule has 0 radical (unpaired) electrons. The van der Waals surface area contributed by atoms with E-state index in [2.05, 4.69) is 0 Å². The molecule has 4 atom stereocenters. The van der Waals surface area contributed by atoms with Crippen LogP contribution in [0.5, 0.6) is 0 Å². The zero-order valence-corrected chi connectivity index (χ0v) is 5.40. The maximum Gasteiger partial charge on any atom is 0.122 e. The van der Waals surface area contributed by atoms with Crippen LogP contribution in [0, 0.1) is 0 Å². The Kier molecular flexibility index (Phi) is 1.12. The summed E-state index contributed by atoms with van der Waals surface area (Å²) in [6.07, 6.45) is -1.21. The quantitative estimate of drug-likeness (QED) is 0.410. The van der Waals surface area contributed by atoms with Gasteiger partial charge in [-0.05, 0) is 0 Å². The van der Waals surface area contributed by atoms with E-state index in [-0.39, 0.29) is 12.7 Å². The van der Waals surface area contributed by atoms with Crippen molar-refractivity contribution < 1.29 is 20.1 Å². The second kappa shape index (κ2) is 1.71. The lowest BCUT2D eigenvalue weighted by molar-refractivity contribution is -0.0488. The molecule has 0 aromatic rings. The Labute approximate surface area is 58.0 Å². The normalized spacial score (nSPS) is 58.5. The molecule has 4 nitrogen and oxygen atoms in total. The predicted octanol–water partition coefficient (Wildman–Crippen LogP) is -1.76. The SMILES string of the molecule is OCC1OC2C[C@@]2(O)C1O. The first-order valence-electron chi connectivity index (χ1n) is 3.35. The number of aliphatic hydroxyl groups excluding tert-OH is 2. The molecule has 10 heavy (non-hydrogen) atoms. The van der Waals surface area contributed by atoms with Gasteiger partial charge in [0, 0.05) is 6.42 Å². The predicted molar refractivity (Wildman–Crippen MR) is 31.3 cm³/mol. The van der Waals surface area contributed by atoms with Gasteiger partial charge in [0.25, 0.3) is 0 Å².